The van der Waals surface area contributed by atoms with Crippen LogP contribution in [0.3, 0.4) is 0 Å². The number of anilines is 1. The average Bonchev–Trinajstić information content (AvgIpc) is 2.43. The number of nitro groups is 1. The van der Waals surface area contributed by atoms with E-state index in [0.717, 1.165) is 0 Å². The summed E-state index contributed by atoms with van der Waals surface area (Å²) in [6.45, 7) is 1.55. The van der Waals surface area contributed by atoms with E-state index in [9.17, 15) is 14.9 Å². The van der Waals surface area contributed by atoms with E-state index in [1.54, 1.807) is 13.0 Å². The molecule has 0 aliphatic carbocycles. The zero-order chi connectivity index (χ0) is 15.6. The van der Waals surface area contributed by atoms with E-state index in [2.05, 4.69) is 10.3 Å². The molecule has 0 aliphatic heterocycles. The van der Waals surface area contributed by atoms with Gasteiger partial charge in [-0.25, -0.2) is 4.98 Å². The second kappa shape index (κ2) is 6.07. The minimum Gasteiger partial charge on any atom is -0.321 e. The summed E-state index contributed by atoms with van der Waals surface area (Å²) in [5.41, 5.74) is 0.750. The molecule has 0 radical (unpaired) electrons. The van der Waals surface area contributed by atoms with Crippen LogP contribution >= 0.6 is 23.2 Å². The van der Waals surface area contributed by atoms with Gasteiger partial charge in [-0.2, -0.15) is 0 Å². The van der Waals surface area contributed by atoms with Crippen molar-refractivity contribution in [3.8, 4) is 0 Å². The molecule has 0 spiro atoms. The number of halogens is 2. The molecule has 2 aromatic rings. The number of rotatable bonds is 3. The molecular formula is C13H9Cl2N3O3. The smallest absolute Gasteiger partial charge is 0.274 e. The van der Waals surface area contributed by atoms with E-state index >= 15 is 0 Å². The molecule has 0 bridgehead atoms. The predicted molar refractivity (Wildman–Crippen MR) is 80.0 cm³/mol. The predicted octanol–water partition coefficient (Wildman–Crippen LogP) is 3.86. The largest absolute Gasteiger partial charge is 0.321 e. The number of hydrogen-bond acceptors (Lipinski definition) is 4. The number of benzene rings is 1. The van der Waals surface area contributed by atoms with Crippen LogP contribution in [0.25, 0.3) is 0 Å². The normalized spacial score (nSPS) is 10.2. The molecule has 0 saturated heterocycles. The molecule has 0 atom stereocenters. The van der Waals surface area contributed by atoms with E-state index in [0.29, 0.717) is 11.3 Å². The third-order valence-corrected chi connectivity index (χ3v) is 3.32. The maximum atomic E-state index is 12.2. The van der Waals surface area contributed by atoms with Crippen molar-refractivity contribution in [2.45, 2.75) is 6.92 Å². The fourth-order valence-electron chi connectivity index (χ4n) is 1.73. The first-order valence-corrected chi connectivity index (χ1v) is 6.52. The molecule has 6 nitrogen and oxygen atoms in total. The Morgan fingerprint density at radius 2 is 2.10 bits per heavy atom. The molecule has 1 aromatic heterocycles. The first-order valence-electron chi connectivity index (χ1n) is 5.76. The lowest BCUT2D eigenvalue weighted by Crippen LogP contribution is -2.14. The van der Waals surface area contributed by atoms with Crippen molar-refractivity contribution in [2.75, 3.05) is 5.32 Å². The summed E-state index contributed by atoms with van der Waals surface area (Å²) in [5, 5.41) is 13.7. The van der Waals surface area contributed by atoms with Crippen LogP contribution in [0.1, 0.15) is 15.9 Å². The van der Waals surface area contributed by atoms with Gasteiger partial charge in [-0.05, 0) is 19.1 Å². The van der Waals surface area contributed by atoms with Gasteiger partial charge in [0.25, 0.3) is 11.6 Å². The number of hydrogen-bond donors (Lipinski definition) is 1. The van der Waals surface area contributed by atoms with Gasteiger partial charge >= 0.3 is 0 Å². The van der Waals surface area contributed by atoms with Gasteiger partial charge in [-0.1, -0.05) is 29.3 Å². The Labute approximate surface area is 129 Å². The molecule has 0 aliphatic rings. The zero-order valence-corrected chi connectivity index (χ0v) is 12.3. The van der Waals surface area contributed by atoms with Crippen LogP contribution in [0, 0.1) is 17.0 Å². The Morgan fingerprint density at radius 3 is 2.76 bits per heavy atom. The van der Waals surface area contributed by atoms with Gasteiger partial charge in [0.15, 0.2) is 0 Å². The molecule has 1 N–H and O–H groups in total. The molecule has 1 heterocycles. The zero-order valence-electron chi connectivity index (χ0n) is 10.8. The summed E-state index contributed by atoms with van der Waals surface area (Å²) >= 11 is 11.6. The van der Waals surface area contributed by atoms with Crippen molar-refractivity contribution < 1.29 is 9.72 Å². The van der Waals surface area contributed by atoms with Crippen molar-refractivity contribution in [2.24, 2.45) is 0 Å². The van der Waals surface area contributed by atoms with Crippen molar-refractivity contribution in [1.29, 1.82) is 0 Å². The summed E-state index contributed by atoms with van der Waals surface area (Å²) < 4.78 is 0. The van der Waals surface area contributed by atoms with Crippen LogP contribution in [0.15, 0.2) is 30.5 Å². The third kappa shape index (κ3) is 3.29. The highest BCUT2D eigenvalue weighted by Gasteiger charge is 2.17. The van der Waals surface area contributed by atoms with Gasteiger partial charge in [0.2, 0.25) is 0 Å². The lowest BCUT2D eigenvalue weighted by atomic mass is 10.1. The second-order valence-electron chi connectivity index (χ2n) is 4.15. The fraction of sp³-hybridized carbons (Fsp3) is 0.0769. The van der Waals surface area contributed by atoms with Gasteiger partial charge < -0.3 is 5.32 Å². The van der Waals surface area contributed by atoms with Crippen LogP contribution in [0.2, 0.25) is 10.2 Å². The van der Waals surface area contributed by atoms with Gasteiger partial charge in [0.1, 0.15) is 5.15 Å². The minimum atomic E-state index is -0.520. The summed E-state index contributed by atoms with van der Waals surface area (Å²) in [7, 11) is 0. The van der Waals surface area contributed by atoms with Crippen LogP contribution < -0.4 is 5.32 Å². The van der Waals surface area contributed by atoms with E-state index in [1.807, 2.05) is 0 Å². The Kier molecular flexibility index (Phi) is 4.40. The number of carbonyl (C=O) groups is 1. The highest BCUT2D eigenvalue weighted by Crippen LogP contribution is 2.26. The number of nitro benzene ring substituents is 1. The number of carbonyl (C=O) groups excluding carboxylic acids is 1. The summed E-state index contributed by atoms with van der Waals surface area (Å²) in [6, 6.07) is 5.74. The van der Waals surface area contributed by atoms with Crippen molar-refractivity contribution in [3.05, 3.63) is 61.9 Å². The number of amides is 1. The third-order valence-electron chi connectivity index (χ3n) is 2.82. The number of aromatic nitrogens is 1. The van der Waals surface area contributed by atoms with Crippen LogP contribution in [0.4, 0.5) is 11.4 Å². The summed E-state index contributed by atoms with van der Waals surface area (Å²) in [4.78, 5) is 26.3. The fourth-order valence-corrected chi connectivity index (χ4v) is 2.08. The van der Waals surface area contributed by atoms with E-state index < -0.39 is 10.8 Å². The number of nitrogens with one attached hydrogen (secondary N) is 1. The lowest BCUT2D eigenvalue weighted by Gasteiger charge is -2.09. The molecule has 1 aromatic carbocycles. The van der Waals surface area contributed by atoms with Crippen molar-refractivity contribution >= 4 is 40.5 Å². The molecule has 0 saturated carbocycles. The molecule has 8 heteroatoms. The minimum absolute atomic E-state index is 0.0772. The number of pyridine rings is 1. The first-order chi connectivity index (χ1) is 9.90. The van der Waals surface area contributed by atoms with Gasteiger partial charge in [0, 0.05) is 12.3 Å². The quantitative estimate of drug-likeness (QED) is 0.527. The first kappa shape index (κ1) is 15.2. The lowest BCUT2D eigenvalue weighted by molar-refractivity contribution is -0.385. The Balaban J connectivity index is 2.34. The maximum Gasteiger partial charge on any atom is 0.274 e. The highest BCUT2D eigenvalue weighted by molar-refractivity contribution is 6.35. The molecule has 0 fully saturated rings. The Hall–Kier alpha value is -2.18. The Bertz CT molecular complexity index is 735. The van der Waals surface area contributed by atoms with E-state index in [4.69, 9.17) is 23.2 Å². The maximum absolute atomic E-state index is 12.2. The SMILES string of the molecule is Cc1c(NC(=O)c2cc(Cl)ncc2Cl)cccc1[N+](=O)[O-]. The van der Waals surface area contributed by atoms with Crippen LogP contribution in [-0.4, -0.2) is 15.8 Å². The topological polar surface area (TPSA) is 85.1 Å². The molecule has 2 rings (SSSR count). The highest BCUT2D eigenvalue weighted by atomic mass is 35.5. The average molecular weight is 326 g/mol. The van der Waals surface area contributed by atoms with Crippen LogP contribution in [0.5, 0.6) is 0 Å². The van der Waals surface area contributed by atoms with Crippen molar-refractivity contribution in [3.63, 3.8) is 0 Å². The van der Waals surface area contributed by atoms with Gasteiger partial charge in [-0.15, -0.1) is 0 Å². The van der Waals surface area contributed by atoms with Crippen molar-refractivity contribution in [1.82, 2.24) is 4.98 Å². The van der Waals surface area contributed by atoms with E-state index in [1.165, 1.54) is 24.4 Å². The van der Waals surface area contributed by atoms with E-state index in [-0.39, 0.29) is 21.4 Å². The summed E-state index contributed by atoms with van der Waals surface area (Å²) in [6.07, 6.45) is 1.26. The van der Waals surface area contributed by atoms with Crippen LogP contribution in [-0.2, 0) is 0 Å². The molecule has 1 amide bonds. The Morgan fingerprint density at radius 1 is 1.38 bits per heavy atom. The number of nitrogens with zero attached hydrogens (tertiary/aromatic N) is 2. The monoisotopic (exact) mass is 325 g/mol. The van der Waals surface area contributed by atoms with Gasteiger partial charge in [-0.3, -0.25) is 14.9 Å². The second-order valence-corrected chi connectivity index (χ2v) is 4.94. The van der Waals surface area contributed by atoms with Gasteiger partial charge in [0.05, 0.1) is 26.8 Å². The molecule has 21 heavy (non-hydrogen) atoms. The standard InChI is InChI=1S/C13H9Cl2N3O3/c1-7-10(3-2-4-11(7)18(20)21)17-13(19)8-5-12(15)16-6-9(8)14/h2-6H,1H3,(H,17,19). The molecule has 108 valence electrons. The molecular weight excluding hydrogens is 317 g/mol. The summed E-state index contributed by atoms with van der Waals surface area (Å²) in [5.74, 6) is -0.520. The molecule has 0 unspecified atom stereocenters.